The number of nitrogens with zero attached hydrogens (tertiary/aromatic N) is 1. The lowest BCUT2D eigenvalue weighted by atomic mass is 9.92. The van der Waals surface area contributed by atoms with Crippen molar-refractivity contribution in [2.45, 2.75) is 39.0 Å². The Hall–Kier alpha value is -0.750. The van der Waals surface area contributed by atoms with Crippen molar-refractivity contribution in [3.8, 4) is 0 Å². The molecule has 0 aromatic carbocycles. The molecule has 104 valence electrons. The summed E-state index contributed by atoms with van der Waals surface area (Å²) in [5.41, 5.74) is 0.802. The Morgan fingerprint density at radius 2 is 2.06 bits per heavy atom. The molecule has 2 N–H and O–H groups in total. The van der Waals surface area contributed by atoms with E-state index >= 15 is 0 Å². The first kappa shape index (κ1) is 15.3. The van der Waals surface area contributed by atoms with Crippen LogP contribution in [-0.2, 0) is 15.4 Å². The van der Waals surface area contributed by atoms with Gasteiger partial charge in [-0.1, -0.05) is 20.8 Å². The van der Waals surface area contributed by atoms with Gasteiger partial charge in [0.1, 0.15) is 0 Å². The lowest BCUT2D eigenvalue weighted by Gasteiger charge is -2.14. The summed E-state index contributed by atoms with van der Waals surface area (Å²) in [7, 11) is -3.33. The molecule has 0 unspecified atom stereocenters. The number of nitrogens with one attached hydrogen (secondary N) is 2. The Kier molecular flexibility index (Phi) is 5.04. The zero-order valence-electron chi connectivity index (χ0n) is 11.0. The van der Waals surface area contributed by atoms with E-state index in [0.717, 1.165) is 5.69 Å². The molecule has 0 aliphatic rings. The number of H-pyrrole nitrogens is 1. The number of unbranched alkanes of at least 4 members (excludes halogenated alkanes) is 1. The maximum absolute atomic E-state index is 11.7. The van der Waals surface area contributed by atoms with E-state index in [0.29, 0.717) is 24.5 Å². The minimum Gasteiger partial charge on any atom is -0.280 e. The lowest BCUT2D eigenvalue weighted by Crippen LogP contribution is -2.17. The van der Waals surface area contributed by atoms with Gasteiger partial charge in [-0.25, -0.2) is 8.42 Å². The minimum atomic E-state index is -3.33. The predicted molar refractivity (Wildman–Crippen MR) is 74.7 cm³/mol. The molecule has 0 aliphatic carbocycles. The molecule has 0 saturated carbocycles. The van der Waals surface area contributed by atoms with Crippen molar-refractivity contribution < 1.29 is 8.42 Å². The van der Waals surface area contributed by atoms with Crippen LogP contribution in [0.5, 0.6) is 0 Å². The van der Waals surface area contributed by atoms with E-state index in [2.05, 4.69) is 14.9 Å². The highest BCUT2D eigenvalue weighted by Crippen LogP contribution is 2.22. The Morgan fingerprint density at radius 3 is 2.56 bits per heavy atom. The van der Waals surface area contributed by atoms with Gasteiger partial charge in [-0.05, 0) is 12.8 Å². The standard InChI is InChI=1S/C11H20ClN3O2S/c1-11(2,3)9-8-10(14-13-9)15-18(16,17)7-5-4-6-12/h8H,4-7H2,1-3H3,(H2,13,14,15). The third-order valence-corrected chi connectivity index (χ3v) is 4.06. The number of hydrogen-bond acceptors (Lipinski definition) is 3. The van der Waals surface area contributed by atoms with Crippen LogP contribution in [0.4, 0.5) is 5.82 Å². The molecule has 0 amide bonds. The maximum atomic E-state index is 11.7. The summed E-state index contributed by atoms with van der Waals surface area (Å²) in [5.74, 6) is 0.884. The quantitative estimate of drug-likeness (QED) is 0.625. The summed E-state index contributed by atoms with van der Waals surface area (Å²) in [4.78, 5) is 0. The average Bonchev–Trinajstić information content (AvgIpc) is 2.65. The second kappa shape index (κ2) is 5.93. The van der Waals surface area contributed by atoms with Crippen molar-refractivity contribution in [1.82, 2.24) is 10.2 Å². The van der Waals surface area contributed by atoms with Crippen LogP contribution < -0.4 is 4.72 Å². The molecule has 0 saturated heterocycles. The molecular weight excluding hydrogens is 274 g/mol. The van der Waals surface area contributed by atoms with Gasteiger partial charge in [-0.15, -0.1) is 11.6 Å². The number of alkyl halides is 1. The van der Waals surface area contributed by atoms with Crippen LogP contribution in [0.3, 0.4) is 0 Å². The largest absolute Gasteiger partial charge is 0.280 e. The lowest BCUT2D eigenvalue weighted by molar-refractivity contribution is 0.567. The van der Waals surface area contributed by atoms with Crippen LogP contribution >= 0.6 is 11.6 Å². The minimum absolute atomic E-state index is 0.0669. The molecule has 1 aromatic rings. The number of aromatic amines is 1. The zero-order chi connectivity index (χ0) is 13.8. The summed E-state index contributed by atoms with van der Waals surface area (Å²) in [6, 6.07) is 1.72. The molecule has 0 spiro atoms. The van der Waals surface area contributed by atoms with Crippen LogP contribution in [0, 0.1) is 0 Å². The molecule has 18 heavy (non-hydrogen) atoms. The van der Waals surface area contributed by atoms with Gasteiger partial charge in [0.2, 0.25) is 10.0 Å². The van der Waals surface area contributed by atoms with E-state index in [4.69, 9.17) is 11.6 Å². The van der Waals surface area contributed by atoms with E-state index in [1.165, 1.54) is 0 Å². The molecule has 5 nitrogen and oxygen atoms in total. The normalized spacial score (nSPS) is 12.7. The molecule has 0 radical (unpaired) electrons. The number of halogens is 1. The van der Waals surface area contributed by atoms with E-state index in [1.807, 2.05) is 20.8 Å². The van der Waals surface area contributed by atoms with Crippen LogP contribution in [-0.4, -0.2) is 30.2 Å². The molecule has 1 rings (SSSR count). The van der Waals surface area contributed by atoms with Crippen molar-refractivity contribution in [2.24, 2.45) is 0 Å². The maximum Gasteiger partial charge on any atom is 0.233 e. The Labute approximate surface area is 113 Å². The smallest absolute Gasteiger partial charge is 0.233 e. The van der Waals surface area contributed by atoms with Gasteiger partial charge in [0.15, 0.2) is 5.82 Å². The van der Waals surface area contributed by atoms with Crippen LogP contribution in [0.25, 0.3) is 0 Å². The first-order chi connectivity index (χ1) is 8.24. The first-order valence-electron chi connectivity index (χ1n) is 5.87. The highest BCUT2D eigenvalue weighted by atomic mass is 35.5. The van der Waals surface area contributed by atoms with Gasteiger partial charge in [-0.3, -0.25) is 9.82 Å². The highest BCUT2D eigenvalue weighted by molar-refractivity contribution is 7.92. The van der Waals surface area contributed by atoms with Gasteiger partial charge in [-0.2, -0.15) is 5.10 Å². The van der Waals surface area contributed by atoms with Crippen molar-refractivity contribution in [1.29, 1.82) is 0 Å². The van der Waals surface area contributed by atoms with Gasteiger partial charge < -0.3 is 0 Å². The third-order valence-electron chi connectivity index (χ3n) is 2.44. The fraction of sp³-hybridized carbons (Fsp3) is 0.727. The molecule has 1 aromatic heterocycles. The van der Waals surface area contributed by atoms with Gasteiger partial charge in [0.25, 0.3) is 0 Å². The van der Waals surface area contributed by atoms with Crippen molar-refractivity contribution in [2.75, 3.05) is 16.4 Å². The van der Waals surface area contributed by atoms with Crippen molar-refractivity contribution in [3.05, 3.63) is 11.8 Å². The number of sulfonamides is 1. The number of rotatable bonds is 6. The summed E-state index contributed by atoms with van der Waals surface area (Å²) < 4.78 is 25.9. The fourth-order valence-corrected chi connectivity index (χ4v) is 2.65. The van der Waals surface area contributed by atoms with Crippen LogP contribution in [0.15, 0.2) is 6.07 Å². The molecule has 1 heterocycles. The van der Waals surface area contributed by atoms with Gasteiger partial charge in [0, 0.05) is 23.1 Å². The molecular formula is C11H20ClN3O2S. The molecule has 0 aliphatic heterocycles. The Morgan fingerprint density at radius 1 is 1.39 bits per heavy atom. The average molecular weight is 294 g/mol. The van der Waals surface area contributed by atoms with Gasteiger partial charge >= 0.3 is 0 Å². The van der Waals surface area contributed by atoms with E-state index in [1.54, 1.807) is 6.07 Å². The molecule has 7 heteroatoms. The number of aromatic nitrogens is 2. The van der Waals surface area contributed by atoms with E-state index in [-0.39, 0.29) is 11.2 Å². The Balaban J connectivity index is 2.64. The van der Waals surface area contributed by atoms with E-state index < -0.39 is 10.0 Å². The summed E-state index contributed by atoms with van der Waals surface area (Å²) in [6.07, 6.45) is 1.24. The second-order valence-electron chi connectivity index (χ2n) is 5.23. The Bertz CT molecular complexity index is 477. The van der Waals surface area contributed by atoms with Crippen LogP contribution in [0.2, 0.25) is 0 Å². The first-order valence-corrected chi connectivity index (χ1v) is 8.05. The predicted octanol–water partition coefficient (Wildman–Crippen LogP) is 2.47. The zero-order valence-corrected chi connectivity index (χ0v) is 12.5. The summed E-state index contributed by atoms with van der Waals surface area (Å²) in [5, 5.41) is 6.79. The van der Waals surface area contributed by atoms with Gasteiger partial charge in [0.05, 0.1) is 5.75 Å². The molecule has 0 fully saturated rings. The third kappa shape index (κ3) is 4.86. The van der Waals surface area contributed by atoms with Crippen LogP contribution in [0.1, 0.15) is 39.3 Å². The SMILES string of the molecule is CC(C)(C)c1cc(NS(=O)(=O)CCCCCl)n[nH]1. The molecule has 0 atom stereocenters. The monoisotopic (exact) mass is 293 g/mol. The number of anilines is 1. The highest BCUT2D eigenvalue weighted by Gasteiger charge is 2.18. The van der Waals surface area contributed by atoms with E-state index in [9.17, 15) is 8.42 Å². The topological polar surface area (TPSA) is 74.8 Å². The summed E-state index contributed by atoms with van der Waals surface area (Å²) >= 11 is 5.51. The summed E-state index contributed by atoms with van der Waals surface area (Å²) in [6.45, 7) is 6.08. The van der Waals surface area contributed by atoms with Crippen molar-refractivity contribution >= 4 is 27.4 Å². The second-order valence-corrected chi connectivity index (χ2v) is 7.45. The molecule has 0 bridgehead atoms. The number of hydrogen-bond donors (Lipinski definition) is 2. The fourth-order valence-electron chi connectivity index (χ4n) is 1.36. The van der Waals surface area contributed by atoms with Crippen molar-refractivity contribution in [3.63, 3.8) is 0 Å².